The third-order valence-electron chi connectivity index (χ3n) is 11.6. The molecule has 0 N–H and O–H groups in total. The minimum atomic E-state index is 0.606. The topological polar surface area (TPSA) is 0 Å². The number of fused-ring (bicyclic) bond motifs is 5. The molecule has 0 radical (unpaired) electrons. The molecule has 1 unspecified atom stereocenters. The molecule has 29 heavy (non-hydrogen) atoms. The van der Waals surface area contributed by atoms with E-state index < -0.39 is 0 Å². The Morgan fingerprint density at radius 3 is 1.97 bits per heavy atom. The molecule has 4 fully saturated rings. The molecule has 0 aliphatic heterocycles. The van der Waals surface area contributed by atoms with Crippen LogP contribution in [0.2, 0.25) is 0 Å². The third kappa shape index (κ3) is 3.43. The van der Waals surface area contributed by atoms with Crippen molar-refractivity contribution in [1.82, 2.24) is 0 Å². The second-order valence-corrected chi connectivity index (χ2v) is 14.3. The summed E-state index contributed by atoms with van der Waals surface area (Å²) in [6.07, 6.45) is 13.6. The summed E-state index contributed by atoms with van der Waals surface area (Å²) in [5, 5.41) is 0. The highest BCUT2D eigenvalue weighted by Crippen LogP contribution is 2.68. The van der Waals surface area contributed by atoms with Gasteiger partial charge in [0.1, 0.15) is 0 Å². The highest BCUT2D eigenvalue weighted by atomic mass is 15.3. The van der Waals surface area contributed by atoms with Crippen LogP contribution in [0.4, 0.5) is 0 Å². The highest BCUT2D eigenvalue weighted by molar-refractivity contribution is 5.10. The standard InChI is InChI=1S/C27H52N2/c1-19(28(4,5)6)23-12-13-24-22-11-10-20-18-21(29(7,8)9)14-16-26(20,2)25(22)15-17-27(23,24)3/h19-25H,10-18H2,1-9H3/q+2/t19-,20-,21?,22-,23+,24-,25-,26-,27+/m0/s1. The van der Waals surface area contributed by atoms with Gasteiger partial charge in [-0.2, -0.15) is 0 Å². The van der Waals surface area contributed by atoms with Gasteiger partial charge in [0.2, 0.25) is 0 Å². The molecule has 4 aliphatic carbocycles. The van der Waals surface area contributed by atoms with E-state index in [4.69, 9.17) is 0 Å². The molecule has 0 heterocycles. The summed E-state index contributed by atoms with van der Waals surface area (Å²) in [6.45, 7) is 8.01. The van der Waals surface area contributed by atoms with Gasteiger partial charge in [-0.25, -0.2) is 0 Å². The van der Waals surface area contributed by atoms with Crippen molar-refractivity contribution >= 4 is 0 Å². The SMILES string of the molecule is C[C@@H]([C@H]1CC[C@H]2[C@@H]3CC[C@H]4CC([N+](C)(C)C)CC[C@]4(C)[C@H]3CC[C@]12C)[N+](C)(C)C. The predicted octanol–water partition coefficient (Wildman–Crippen LogP) is 5.81. The van der Waals surface area contributed by atoms with Crippen molar-refractivity contribution in [2.45, 2.75) is 90.6 Å². The van der Waals surface area contributed by atoms with Gasteiger partial charge in [0, 0.05) is 12.3 Å². The first-order valence-corrected chi connectivity index (χ1v) is 12.9. The monoisotopic (exact) mass is 404 g/mol. The smallest absolute Gasteiger partial charge is 0.0889 e. The predicted molar refractivity (Wildman–Crippen MR) is 125 cm³/mol. The number of hydrogen-bond donors (Lipinski definition) is 0. The fourth-order valence-corrected chi connectivity index (χ4v) is 9.31. The lowest BCUT2D eigenvalue weighted by Crippen LogP contribution is -2.58. The Labute approximate surface area is 182 Å². The average molecular weight is 405 g/mol. The van der Waals surface area contributed by atoms with Gasteiger partial charge >= 0.3 is 0 Å². The van der Waals surface area contributed by atoms with Crippen LogP contribution in [0.25, 0.3) is 0 Å². The lowest BCUT2D eigenvalue weighted by Gasteiger charge is -2.62. The van der Waals surface area contributed by atoms with E-state index in [0.29, 0.717) is 10.8 Å². The molecule has 4 aliphatic rings. The third-order valence-corrected chi connectivity index (χ3v) is 11.6. The van der Waals surface area contributed by atoms with E-state index >= 15 is 0 Å². The Kier molecular flexibility index (Phi) is 5.31. The summed E-state index contributed by atoms with van der Waals surface area (Å²) in [7, 11) is 14.6. The van der Waals surface area contributed by atoms with Crippen LogP contribution in [0.1, 0.15) is 78.6 Å². The van der Waals surface area contributed by atoms with E-state index in [0.717, 1.165) is 46.2 Å². The van der Waals surface area contributed by atoms with Crippen LogP contribution in [-0.2, 0) is 0 Å². The molecule has 9 atom stereocenters. The lowest BCUT2D eigenvalue weighted by atomic mass is 9.44. The molecule has 168 valence electrons. The van der Waals surface area contributed by atoms with Crippen molar-refractivity contribution in [3.63, 3.8) is 0 Å². The maximum absolute atomic E-state index is 2.74. The lowest BCUT2D eigenvalue weighted by molar-refractivity contribution is -0.899. The van der Waals surface area contributed by atoms with Crippen molar-refractivity contribution in [3.8, 4) is 0 Å². The van der Waals surface area contributed by atoms with Gasteiger partial charge in [-0.3, -0.25) is 0 Å². The molecule has 4 saturated carbocycles. The van der Waals surface area contributed by atoms with E-state index in [9.17, 15) is 0 Å². The van der Waals surface area contributed by atoms with Gasteiger partial charge in [0.05, 0.1) is 54.4 Å². The number of rotatable bonds is 3. The Morgan fingerprint density at radius 1 is 0.724 bits per heavy atom. The van der Waals surface area contributed by atoms with E-state index in [1.807, 2.05) is 0 Å². The van der Waals surface area contributed by atoms with E-state index in [-0.39, 0.29) is 0 Å². The van der Waals surface area contributed by atoms with E-state index in [1.165, 1.54) is 55.8 Å². The number of hydrogen-bond acceptors (Lipinski definition) is 0. The van der Waals surface area contributed by atoms with Crippen LogP contribution in [0.5, 0.6) is 0 Å². The molecule has 0 saturated heterocycles. The number of nitrogens with zero attached hydrogens (tertiary/aromatic N) is 2. The molecule has 0 bridgehead atoms. The van der Waals surface area contributed by atoms with Crippen molar-refractivity contribution in [2.24, 2.45) is 40.4 Å². The molecule has 2 nitrogen and oxygen atoms in total. The van der Waals surface area contributed by atoms with Gasteiger partial charge in [-0.1, -0.05) is 13.8 Å². The Balaban J connectivity index is 1.55. The van der Waals surface area contributed by atoms with Crippen LogP contribution < -0.4 is 0 Å². The zero-order chi connectivity index (χ0) is 21.4. The summed E-state index contributed by atoms with van der Waals surface area (Å²) in [5.41, 5.74) is 1.24. The molecular formula is C27H52N2+2. The zero-order valence-electron chi connectivity index (χ0n) is 21.3. The van der Waals surface area contributed by atoms with Crippen LogP contribution in [0.15, 0.2) is 0 Å². The van der Waals surface area contributed by atoms with Gasteiger partial charge < -0.3 is 8.97 Å². The Bertz CT molecular complexity index is 613. The summed E-state index contributed by atoms with van der Waals surface area (Å²) >= 11 is 0. The minimum Gasteiger partial charge on any atom is -0.328 e. The quantitative estimate of drug-likeness (QED) is 0.520. The normalized spacial score (nSPS) is 49.1. The van der Waals surface area contributed by atoms with Crippen molar-refractivity contribution in [2.75, 3.05) is 42.3 Å². The largest absolute Gasteiger partial charge is 0.328 e. The molecule has 4 rings (SSSR count). The van der Waals surface area contributed by atoms with Crippen LogP contribution >= 0.6 is 0 Å². The van der Waals surface area contributed by atoms with Gasteiger partial charge in [0.15, 0.2) is 0 Å². The maximum atomic E-state index is 2.74. The molecular weight excluding hydrogens is 352 g/mol. The molecule has 0 aromatic carbocycles. The van der Waals surface area contributed by atoms with Gasteiger partial charge in [-0.05, 0) is 92.8 Å². The first-order chi connectivity index (χ1) is 13.3. The molecule has 0 amide bonds. The molecule has 0 aromatic rings. The van der Waals surface area contributed by atoms with Crippen molar-refractivity contribution < 1.29 is 8.97 Å². The summed E-state index contributed by atoms with van der Waals surface area (Å²) in [5.74, 6) is 4.97. The summed E-state index contributed by atoms with van der Waals surface area (Å²) in [6, 6.07) is 1.67. The van der Waals surface area contributed by atoms with Gasteiger partial charge in [-0.15, -0.1) is 0 Å². The Hall–Kier alpha value is -0.0800. The summed E-state index contributed by atoms with van der Waals surface area (Å²) < 4.78 is 2.30. The second kappa shape index (κ2) is 6.96. The maximum Gasteiger partial charge on any atom is 0.0889 e. The molecule has 0 aromatic heterocycles. The van der Waals surface area contributed by atoms with Crippen LogP contribution in [-0.4, -0.2) is 63.3 Å². The van der Waals surface area contributed by atoms with Gasteiger partial charge in [0.25, 0.3) is 0 Å². The fourth-order valence-electron chi connectivity index (χ4n) is 9.31. The first kappa shape index (κ1) is 22.1. The van der Waals surface area contributed by atoms with Crippen molar-refractivity contribution in [3.05, 3.63) is 0 Å². The molecule has 2 heteroatoms. The van der Waals surface area contributed by atoms with E-state index in [2.05, 4.69) is 63.1 Å². The first-order valence-electron chi connectivity index (χ1n) is 12.9. The minimum absolute atomic E-state index is 0.606. The van der Waals surface area contributed by atoms with E-state index in [1.54, 1.807) is 6.42 Å². The highest BCUT2D eigenvalue weighted by Gasteiger charge is 2.62. The van der Waals surface area contributed by atoms with Crippen LogP contribution in [0.3, 0.4) is 0 Å². The molecule has 0 spiro atoms. The fraction of sp³-hybridized carbons (Fsp3) is 1.00. The van der Waals surface area contributed by atoms with Crippen LogP contribution in [0, 0.1) is 40.4 Å². The zero-order valence-corrected chi connectivity index (χ0v) is 21.3. The Morgan fingerprint density at radius 2 is 1.34 bits per heavy atom. The average Bonchev–Trinajstić information content (AvgIpc) is 2.95. The number of quaternary nitrogens is 2. The summed E-state index contributed by atoms with van der Waals surface area (Å²) in [4.78, 5) is 0. The van der Waals surface area contributed by atoms with Crippen molar-refractivity contribution in [1.29, 1.82) is 0 Å². The second-order valence-electron chi connectivity index (χ2n) is 14.3.